The summed E-state index contributed by atoms with van der Waals surface area (Å²) in [4.78, 5) is 15.1. The number of furan rings is 1. The Kier molecular flexibility index (Phi) is 6.85. The molecular formula is C50H28N4O. The fraction of sp³-hybridized carbons (Fsp3) is 0. The molecule has 2 heterocycles. The molecule has 11 aromatic rings. The summed E-state index contributed by atoms with van der Waals surface area (Å²) in [6.07, 6.45) is 0. The van der Waals surface area contributed by atoms with Gasteiger partial charge in [0, 0.05) is 27.5 Å². The van der Waals surface area contributed by atoms with Gasteiger partial charge in [-0.2, -0.15) is 5.26 Å². The fourth-order valence-electron chi connectivity index (χ4n) is 8.05. The largest absolute Gasteiger partial charge is 0.456 e. The summed E-state index contributed by atoms with van der Waals surface area (Å²) >= 11 is 0. The molecule has 0 atom stereocenters. The second-order valence-corrected chi connectivity index (χ2v) is 13.9. The van der Waals surface area contributed by atoms with Gasteiger partial charge in [0.25, 0.3) is 0 Å². The molecule has 11 rings (SSSR count). The number of benzene rings is 9. The Morgan fingerprint density at radius 1 is 0.382 bits per heavy atom. The summed E-state index contributed by atoms with van der Waals surface area (Å²) in [5.41, 5.74) is 9.61. The smallest absolute Gasteiger partial charge is 0.164 e. The van der Waals surface area contributed by atoms with Crippen molar-refractivity contribution >= 4 is 54.3 Å². The molecule has 0 spiro atoms. The molecule has 5 nitrogen and oxygen atoms in total. The van der Waals surface area contributed by atoms with E-state index in [1.807, 2.05) is 78.9 Å². The van der Waals surface area contributed by atoms with E-state index in [0.717, 1.165) is 60.7 Å². The first-order valence-corrected chi connectivity index (χ1v) is 18.2. The lowest BCUT2D eigenvalue weighted by Crippen LogP contribution is -2.00. The standard InChI is InChI=1S/C50H28N4O/c51-29-30-11-25-44-42(27-30)43-28-37(20-26-45(43)55-44)31-12-14-32(15-13-31)38-21-16-33-18-23-40-41(24-19-34-17-22-39(38)46(33)47(34)40)50-53-48(35-7-3-1-4-8-35)52-49(54-50)36-9-5-2-6-10-36/h1-28H. The molecule has 0 N–H and O–H groups in total. The summed E-state index contributed by atoms with van der Waals surface area (Å²) in [6, 6.07) is 60.8. The van der Waals surface area contributed by atoms with E-state index in [2.05, 4.69) is 91.0 Å². The highest BCUT2D eigenvalue weighted by atomic mass is 16.3. The van der Waals surface area contributed by atoms with Crippen LogP contribution in [0.25, 0.3) is 111 Å². The first-order chi connectivity index (χ1) is 27.2. The summed E-state index contributed by atoms with van der Waals surface area (Å²) in [5, 5.41) is 18.5. The molecule has 55 heavy (non-hydrogen) atoms. The number of hydrogen-bond acceptors (Lipinski definition) is 5. The van der Waals surface area contributed by atoms with Crippen LogP contribution < -0.4 is 0 Å². The lowest BCUT2D eigenvalue weighted by Gasteiger charge is -2.16. The van der Waals surface area contributed by atoms with Gasteiger partial charge in [0.05, 0.1) is 11.6 Å². The maximum atomic E-state index is 9.47. The highest BCUT2D eigenvalue weighted by molar-refractivity contribution is 6.27. The van der Waals surface area contributed by atoms with Gasteiger partial charge in [0.2, 0.25) is 0 Å². The van der Waals surface area contributed by atoms with Crippen molar-refractivity contribution in [3.63, 3.8) is 0 Å². The van der Waals surface area contributed by atoms with E-state index in [4.69, 9.17) is 19.4 Å². The van der Waals surface area contributed by atoms with Crippen molar-refractivity contribution in [3.05, 3.63) is 175 Å². The van der Waals surface area contributed by atoms with E-state index < -0.39 is 0 Å². The van der Waals surface area contributed by atoms with Crippen molar-refractivity contribution in [3.8, 4) is 62.5 Å². The molecule has 0 fully saturated rings. The van der Waals surface area contributed by atoms with Crippen LogP contribution in [0, 0.1) is 11.3 Å². The predicted octanol–water partition coefficient (Wildman–Crippen LogP) is 12.9. The Labute approximate surface area is 315 Å². The molecule has 0 aliphatic carbocycles. The molecule has 0 saturated heterocycles. The van der Waals surface area contributed by atoms with Crippen molar-refractivity contribution in [2.45, 2.75) is 0 Å². The number of rotatable bonds is 5. The highest BCUT2D eigenvalue weighted by Crippen LogP contribution is 2.43. The molecule has 0 aliphatic rings. The van der Waals surface area contributed by atoms with Crippen molar-refractivity contribution < 1.29 is 4.42 Å². The molecule has 0 unspecified atom stereocenters. The van der Waals surface area contributed by atoms with Gasteiger partial charge in [0.15, 0.2) is 17.5 Å². The topological polar surface area (TPSA) is 75.6 Å². The van der Waals surface area contributed by atoms with Crippen LogP contribution in [0.4, 0.5) is 0 Å². The number of nitriles is 1. The van der Waals surface area contributed by atoms with Crippen molar-refractivity contribution in [2.24, 2.45) is 0 Å². The molecule has 5 heteroatoms. The summed E-state index contributed by atoms with van der Waals surface area (Å²) in [6.45, 7) is 0. The minimum Gasteiger partial charge on any atom is -0.456 e. The van der Waals surface area contributed by atoms with E-state index in [1.54, 1.807) is 6.07 Å². The van der Waals surface area contributed by atoms with Crippen LogP contribution in [0.15, 0.2) is 174 Å². The van der Waals surface area contributed by atoms with Crippen LogP contribution in [0.2, 0.25) is 0 Å². The molecule has 0 radical (unpaired) electrons. The van der Waals surface area contributed by atoms with Crippen LogP contribution in [0.3, 0.4) is 0 Å². The third-order valence-electron chi connectivity index (χ3n) is 10.7. The molecule has 0 saturated carbocycles. The van der Waals surface area contributed by atoms with Crippen LogP contribution in [-0.4, -0.2) is 15.0 Å². The minimum absolute atomic E-state index is 0.620. The first kappa shape index (κ1) is 30.9. The fourth-order valence-corrected chi connectivity index (χ4v) is 8.05. The van der Waals surface area contributed by atoms with Gasteiger partial charge in [-0.05, 0) is 91.0 Å². The third-order valence-corrected chi connectivity index (χ3v) is 10.7. The highest BCUT2D eigenvalue weighted by Gasteiger charge is 2.18. The van der Waals surface area contributed by atoms with E-state index in [-0.39, 0.29) is 0 Å². The maximum Gasteiger partial charge on any atom is 0.164 e. The van der Waals surface area contributed by atoms with Gasteiger partial charge in [-0.1, -0.05) is 133 Å². The zero-order chi connectivity index (χ0) is 36.5. The van der Waals surface area contributed by atoms with Gasteiger partial charge < -0.3 is 4.42 Å². The normalized spacial score (nSPS) is 11.6. The van der Waals surface area contributed by atoms with Crippen molar-refractivity contribution in [2.75, 3.05) is 0 Å². The van der Waals surface area contributed by atoms with E-state index >= 15 is 0 Å². The number of nitrogens with zero attached hydrogens (tertiary/aromatic N) is 4. The van der Waals surface area contributed by atoms with Crippen molar-refractivity contribution in [1.82, 2.24) is 15.0 Å². The third kappa shape index (κ3) is 5.04. The molecule has 2 aromatic heterocycles. The summed E-state index contributed by atoms with van der Waals surface area (Å²) in [7, 11) is 0. The number of aromatic nitrogens is 3. The maximum absolute atomic E-state index is 9.47. The van der Waals surface area contributed by atoms with Gasteiger partial charge in [-0.15, -0.1) is 0 Å². The average Bonchev–Trinajstić information content (AvgIpc) is 3.63. The van der Waals surface area contributed by atoms with Gasteiger partial charge in [0.1, 0.15) is 11.2 Å². The van der Waals surface area contributed by atoms with Gasteiger partial charge >= 0.3 is 0 Å². The minimum atomic E-state index is 0.620. The lowest BCUT2D eigenvalue weighted by atomic mass is 9.88. The molecule has 0 bridgehead atoms. The zero-order valence-corrected chi connectivity index (χ0v) is 29.4. The van der Waals surface area contributed by atoms with Crippen molar-refractivity contribution in [1.29, 1.82) is 5.26 Å². The monoisotopic (exact) mass is 700 g/mol. The van der Waals surface area contributed by atoms with Crippen LogP contribution in [-0.2, 0) is 0 Å². The molecule has 0 aliphatic heterocycles. The van der Waals surface area contributed by atoms with E-state index in [1.165, 1.54) is 32.5 Å². The molecule has 9 aromatic carbocycles. The van der Waals surface area contributed by atoms with Crippen LogP contribution >= 0.6 is 0 Å². The second-order valence-electron chi connectivity index (χ2n) is 13.9. The Hall–Kier alpha value is -7.68. The van der Waals surface area contributed by atoms with E-state index in [9.17, 15) is 5.26 Å². The summed E-state index contributed by atoms with van der Waals surface area (Å²) < 4.78 is 6.07. The first-order valence-electron chi connectivity index (χ1n) is 18.2. The SMILES string of the molecule is N#Cc1ccc2oc3ccc(-c4ccc(-c5ccc6ccc7c(-c8nc(-c9ccccc9)nc(-c9ccccc9)n8)ccc8ccc5c6c87)cc4)cc3c2c1. The van der Waals surface area contributed by atoms with Crippen LogP contribution in [0.5, 0.6) is 0 Å². The molecule has 0 amide bonds. The number of fused-ring (bicyclic) bond motifs is 3. The molecular weight excluding hydrogens is 673 g/mol. The van der Waals surface area contributed by atoms with Gasteiger partial charge in [-0.3, -0.25) is 0 Å². The second kappa shape index (κ2) is 12.2. The Bertz CT molecular complexity index is 3250. The Balaban J connectivity index is 1.03. The Morgan fingerprint density at radius 2 is 0.891 bits per heavy atom. The lowest BCUT2D eigenvalue weighted by molar-refractivity contribution is 0.669. The van der Waals surface area contributed by atoms with Gasteiger partial charge in [-0.25, -0.2) is 15.0 Å². The summed E-state index contributed by atoms with van der Waals surface area (Å²) in [5.74, 6) is 1.94. The average molecular weight is 701 g/mol. The van der Waals surface area contributed by atoms with Crippen LogP contribution in [0.1, 0.15) is 5.56 Å². The molecule has 254 valence electrons. The van der Waals surface area contributed by atoms with E-state index in [0.29, 0.717) is 23.0 Å². The Morgan fingerprint density at radius 3 is 1.53 bits per heavy atom. The predicted molar refractivity (Wildman–Crippen MR) is 223 cm³/mol. The quantitative estimate of drug-likeness (QED) is 0.167. The number of hydrogen-bond donors (Lipinski definition) is 0. The zero-order valence-electron chi connectivity index (χ0n) is 29.4.